The topological polar surface area (TPSA) is 70.7 Å². The van der Waals surface area contributed by atoms with Crippen LogP contribution in [0.15, 0.2) is 48.5 Å². The van der Waals surface area contributed by atoms with Gasteiger partial charge in [-0.25, -0.2) is 0 Å². The monoisotopic (exact) mass is 381 g/mol. The molecule has 6 heteroatoms. The van der Waals surface area contributed by atoms with Gasteiger partial charge in [0.15, 0.2) is 0 Å². The van der Waals surface area contributed by atoms with E-state index in [9.17, 15) is 9.59 Å². The summed E-state index contributed by atoms with van der Waals surface area (Å²) in [6, 6.07) is 14.4. The predicted octanol–water partition coefficient (Wildman–Crippen LogP) is 3.30. The van der Waals surface area contributed by atoms with E-state index in [1.54, 1.807) is 45.0 Å². The van der Waals surface area contributed by atoms with Crippen LogP contribution in [0.3, 0.4) is 0 Å². The summed E-state index contributed by atoms with van der Waals surface area (Å²) in [5.74, 6) is -0.0882. The Hall–Kier alpha value is -2.86. The number of carbonyl (C=O) groups excluding carboxylic acids is 2. The summed E-state index contributed by atoms with van der Waals surface area (Å²) in [5.41, 5.74) is 1.82. The van der Waals surface area contributed by atoms with Crippen molar-refractivity contribution in [1.29, 1.82) is 0 Å². The summed E-state index contributed by atoms with van der Waals surface area (Å²) in [6.07, 6.45) is 0. The number of carbonyl (C=O) groups is 2. The van der Waals surface area contributed by atoms with Crippen molar-refractivity contribution >= 4 is 23.3 Å². The molecule has 2 aromatic rings. The van der Waals surface area contributed by atoms with Gasteiger partial charge in [0.25, 0.3) is 5.91 Å². The van der Waals surface area contributed by atoms with Gasteiger partial charge >= 0.3 is 5.97 Å². The molecule has 0 unspecified atom stereocenters. The maximum Gasteiger partial charge on any atom is 0.316 e. The molecule has 1 fully saturated rings. The maximum absolute atomic E-state index is 12.5. The number of piperazine rings is 1. The van der Waals surface area contributed by atoms with Crippen LogP contribution in [0.1, 0.15) is 31.1 Å². The Morgan fingerprint density at radius 3 is 2.14 bits per heavy atom. The Balaban J connectivity index is 1.59. The van der Waals surface area contributed by atoms with Crippen LogP contribution >= 0.6 is 0 Å². The van der Waals surface area contributed by atoms with Gasteiger partial charge in [0, 0.05) is 43.1 Å². The van der Waals surface area contributed by atoms with Crippen LogP contribution in [0.2, 0.25) is 0 Å². The fourth-order valence-corrected chi connectivity index (χ4v) is 2.82. The SMILES string of the molecule is CC(C)(C)C(=O)Oc1ccc(C(=O)Nc2ccc(N3CCNCC3)cc2)cc1. The molecule has 3 rings (SSSR count). The van der Waals surface area contributed by atoms with Crippen LogP contribution < -0.4 is 20.3 Å². The van der Waals surface area contributed by atoms with E-state index in [4.69, 9.17) is 4.74 Å². The molecule has 1 saturated heterocycles. The lowest BCUT2D eigenvalue weighted by Gasteiger charge is -2.29. The van der Waals surface area contributed by atoms with Gasteiger partial charge in [-0.3, -0.25) is 9.59 Å². The van der Waals surface area contributed by atoms with Crippen molar-refractivity contribution in [3.05, 3.63) is 54.1 Å². The molecule has 0 bridgehead atoms. The van der Waals surface area contributed by atoms with Crippen molar-refractivity contribution in [3.8, 4) is 5.75 Å². The van der Waals surface area contributed by atoms with Gasteiger partial charge in [-0.2, -0.15) is 0 Å². The molecule has 148 valence electrons. The van der Waals surface area contributed by atoms with E-state index in [-0.39, 0.29) is 11.9 Å². The molecule has 1 amide bonds. The molecule has 6 nitrogen and oxygen atoms in total. The van der Waals surface area contributed by atoms with E-state index >= 15 is 0 Å². The first-order chi connectivity index (χ1) is 13.3. The lowest BCUT2D eigenvalue weighted by Crippen LogP contribution is -2.43. The summed E-state index contributed by atoms with van der Waals surface area (Å²) in [5, 5.41) is 6.23. The molecule has 0 radical (unpaired) electrons. The van der Waals surface area contributed by atoms with E-state index in [0.717, 1.165) is 37.6 Å². The summed E-state index contributed by atoms with van der Waals surface area (Å²) < 4.78 is 5.32. The van der Waals surface area contributed by atoms with Crippen LogP contribution in [-0.4, -0.2) is 38.1 Å². The second-order valence-corrected chi connectivity index (χ2v) is 7.90. The zero-order valence-electron chi connectivity index (χ0n) is 16.6. The number of hydrogen-bond acceptors (Lipinski definition) is 5. The minimum absolute atomic E-state index is 0.205. The van der Waals surface area contributed by atoms with Crippen LogP contribution in [0.5, 0.6) is 5.75 Å². The Morgan fingerprint density at radius 1 is 0.964 bits per heavy atom. The lowest BCUT2D eigenvalue weighted by atomic mass is 9.97. The number of nitrogens with zero attached hydrogens (tertiary/aromatic N) is 1. The highest BCUT2D eigenvalue weighted by Crippen LogP contribution is 2.21. The third-order valence-electron chi connectivity index (χ3n) is 4.55. The maximum atomic E-state index is 12.5. The van der Waals surface area contributed by atoms with Crippen molar-refractivity contribution < 1.29 is 14.3 Å². The zero-order chi connectivity index (χ0) is 20.1. The third kappa shape index (κ3) is 5.10. The number of ether oxygens (including phenoxy) is 1. The van der Waals surface area contributed by atoms with Crippen LogP contribution in [0.25, 0.3) is 0 Å². The summed E-state index contributed by atoms with van der Waals surface area (Å²) in [7, 11) is 0. The number of rotatable bonds is 4. The first-order valence-corrected chi connectivity index (χ1v) is 9.52. The van der Waals surface area contributed by atoms with Gasteiger partial charge < -0.3 is 20.3 Å². The van der Waals surface area contributed by atoms with E-state index in [1.165, 1.54) is 0 Å². The van der Waals surface area contributed by atoms with E-state index in [2.05, 4.69) is 15.5 Å². The Bertz CT molecular complexity index is 818. The quantitative estimate of drug-likeness (QED) is 0.628. The van der Waals surface area contributed by atoms with Crippen molar-refractivity contribution in [2.24, 2.45) is 5.41 Å². The second kappa shape index (κ2) is 8.44. The summed E-state index contributed by atoms with van der Waals surface area (Å²) in [6.45, 7) is 9.33. The molecular weight excluding hydrogens is 354 g/mol. The fraction of sp³-hybridized carbons (Fsp3) is 0.364. The fourth-order valence-electron chi connectivity index (χ4n) is 2.82. The predicted molar refractivity (Wildman–Crippen MR) is 111 cm³/mol. The first kappa shape index (κ1) is 19.9. The van der Waals surface area contributed by atoms with Crippen LogP contribution in [-0.2, 0) is 4.79 Å². The van der Waals surface area contributed by atoms with Crippen molar-refractivity contribution in [1.82, 2.24) is 5.32 Å². The highest BCUT2D eigenvalue weighted by Gasteiger charge is 2.23. The Morgan fingerprint density at radius 2 is 1.57 bits per heavy atom. The van der Waals surface area contributed by atoms with Crippen LogP contribution in [0, 0.1) is 5.41 Å². The van der Waals surface area contributed by atoms with Gasteiger partial charge in [0.2, 0.25) is 0 Å². The smallest absolute Gasteiger partial charge is 0.316 e. The average molecular weight is 381 g/mol. The minimum Gasteiger partial charge on any atom is -0.426 e. The molecule has 28 heavy (non-hydrogen) atoms. The molecule has 0 saturated carbocycles. The molecule has 1 heterocycles. The van der Waals surface area contributed by atoms with E-state index in [0.29, 0.717) is 11.3 Å². The summed E-state index contributed by atoms with van der Waals surface area (Å²) in [4.78, 5) is 26.7. The molecule has 0 atom stereocenters. The number of nitrogens with one attached hydrogen (secondary N) is 2. The average Bonchev–Trinajstić information content (AvgIpc) is 2.69. The number of benzene rings is 2. The minimum atomic E-state index is -0.576. The first-order valence-electron chi connectivity index (χ1n) is 9.52. The van der Waals surface area contributed by atoms with Crippen molar-refractivity contribution in [2.45, 2.75) is 20.8 Å². The van der Waals surface area contributed by atoms with Gasteiger partial charge in [-0.15, -0.1) is 0 Å². The van der Waals surface area contributed by atoms with E-state index in [1.807, 2.05) is 24.3 Å². The molecule has 0 spiro atoms. The summed E-state index contributed by atoms with van der Waals surface area (Å²) >= 11 is 0. The Kier molecular flexibility index (Phi) is 5.99. The second-order valence-electron chi connectivity index (χ2n) is 7.90. The molecule has 1 aliphatic heterocycles. The van der Waals surface area contributed by atoms with Crippen molar-refractivity contribution in [3.63, 3.8) is 0 Å². The molecule has 0 aromatic heterocycles. The molecule has 2 aromatic carbocycles. The third-order valence-corrected chi connectivity index (χ3v) is 4.55. The Labute approximate surface area is 165 Å². The number of esters is 1. The van der Waals surface area contributed by atoms with Crippen molar-refractivity contribution in [2.75, 3.05) is 36.4 Å². The van der Waals surface area contributed by atoms with Gasteiger partial charge in [0.1, 0.15) is 5.75 Å². The molecular formula is C22H27N3O3. The number of hydrogen-bond donors (Lipinski definition) is 2. The zero-order valence-corrected chi connectivity index (χ0v) is 16.6. The normalized spacial score (nSPS) is 14.5. The standard InChI is InChI=1S/C22H27N3O3/c1-22(2,3)21(27)28-19-10-4-16(5-11-19)20(26)24-17-6-8-18(9-7-17)25-14-12-23-13-15-25/h4-11,23H,12-15H2,1-3H3,(H,24,26). The largest absolute Gasteiger partial charge is 0.426 e. The lowest BCUT2D eigenvalue weighted by molar-refractivity contribution is -0.142. The highest BCUT2D eigenvalue weighted by atomic mass is 16.5. The van der Waals surface area contributed by atoms with E-state index < -0.39 is 5.41 Å². The van der Waals surface area contributed by atoms with Gasteiger partial charge in [0.05, 0.1) is 5.41 Å². The van der Waals surface area contributed by atoms with Gasteiger partial charge in [-0.05, 0) is 69.3 Å². The number of amides is 1. The van der Waals surface area contributed by atoms with Crippen LogP contribution in [0.4, 0.5) is 11.4 Å². The highest BCUT2D eigenvalue weighted by molar-refractivity contribution is 6.04. The number of anilines is 2. The molecule has 0 aliphatic carbocycles. The van der Waals surface area contributed by atoms with Gasteiger partial charge in [-0.1, -0.05) is 0 Å². The molecule has 1 aliphatic rings. The molecule has 2 N–H and O–H groups in total.